The van der Waals surface area contributed by atoms with E-state index >= 15 is 0 Å². The van der Waals surface area contributed by atoms with Crippen molar-refractivity contribution in [2.45, 2.75) is 0 Å². The predicted molar refractivity (Wildman–Crippen MR) is 181 cm³/mol. The van der Waals surface area contributed by atoms with Gasteiger partial charge in [0.15, 0.2) is 5.82 Å². The van der Waals surface area contributed by atoms with Gasteiger partial charge in [-0.1, -0.05) is 127 Å². The molecule has 8 aromatic rings. The zero-order valence-electron chi connectivity index (χ0n) is 23.8. The first kappa shape index (κ1) is 24.6. The molecule has 0 radical (unpaired) electrons. The van der Waals surface area contributed by atoms with Crippen molar-refractivity contribution in [2.24, 2.45) is 0 Å². The molecule has 2 aromatic heterocycles. The smallest absolute Gasteiger partial charge is 0.160 e. The Labute approximate surface area is 255 Å². The van der Waals surface area contributed by atoms with Crippen molar-refractivity contribution in [1.82, 2.24) is 15.0 Å². The Morgan fingerprint density at radius 3 is 1.84 bits per heavy atom. The monoisotopic (exact) mass is 559 g/mol. The van der Waals surface area contributed by atoms with E-state index in [1.165, 1.54) is 33.0 Å². The molecule has 204 valence electrons. The van der Waals surface area contributed by atoms with Crippen LogP contribution >= 0.6 is 0 Å². The van der Waals surface area contributed by atoms with E-state index in [0.29, 0.717) is 5.82 Å². The van der Waals surface area contributed by atoms with Crippen LogP contribution in [0.4, 0.5) is 0 Å². The lowest BCUT2D eigenvalue weighted by atomic mass is 9.96. The molecule has 2 heterocycles. The molecule has 9 rings (SSSR count). The molecular formula is C41H25N3. The van der Waals surface area contributed by atoms with E-state index in [2.05, 4.69) is 138 Å². The maximum absolute atomic E-state index is 5.21. The van der Waals surface area contributed by atoms with Gasteiger partial charge in [0, 0.05) is 28.3 Å². The van der Waals surface area contributed by atoms with E-state index in [9.17, 15) is 0 Å². The van der Waals surface area contributed by atoms with Crippen LogP contribution in [0.15, 0.2) is 152 Å². The number of para-hydroxylation sites is 1. The van der Waals surface area contributed by atoms with Crippen molar-refractivity contribution in [3.8, 4) is 67.3 Å². The molecule has 0 spiro atoms. The Bertz CT molecular complexity index is 2340. The third kappa shape index (κ3) is 3.87. The minimum absolute atomic E-state index is 0.707. The molecule has 0 amide bonds. The lowest BCUT2D eigenvalue weighted by molar-refractivity contribution is 1.18. The molecule has 3 nitrogen and oxygen atoms in total. The molecule has 6 aromatic carbocycles. The fourth-order valence-corrected chi connectivity index (χ4v) is 6.65. The number of aromatic nitrogens is 3. The van der Waals surface area contributed by atoms with Gasteiger partial charge in [0.2, 0.25) is 0 Å². The molecule has 1 aliphatic rings. The maximum atomic E-state index is 5.21. The van der Waals surface area contributed by atoms with Gasteiger partial charge in [0.1, 0.15) is 0 Å². The van der Waals surface area contributed by atoms with Gasteiger partial charge >= 0.3 is 0 Å². The Hall–Kier alpha value is -5.93. The van der Waals surface area contributed by atoms with Gasteiger partial charge in [-0.25, -0.2) is 9.97 Å². The summed E-state index contributed by atoms with van der Waals surface area (Å²) in [5, 5.41) is 3.64. The van der Waals surface area contributed by atoms with E-state index in [-0.39, 0.29) is 0 Å². The van der Waals surface area contributed by atoms with Crippen LogP contribution in [-0.4, -0.2) is 15.0 Å². The van der Waals surface area contributed by atoms with E-state index in [4.69, 9.17) is 9.97 Å². The predicted octanol–water partition coefficient (Wildman–Crippen LogP) is 10.5. The number of nitrogens with zero attached hydrogens (tertiary/aromatic N) is 3. The largest absolute Gasteiger partial charge is 0.256 e. The lowest BCUT2D eigenvalue weighted by Crippen LogP contribution is -1.96. The highest BCUT2D eigenvalue weighted by atomic mass is 14.9. The van der Waals surface area contributed by atoms with Crippen molar-refractivity contribution in [3.63, 3.8) is 0 Å². The number of pyridine rings is 1. The zero-order valence-corrected chi connectivity index (χ0v) is 23.8. The van der Waals surface area contributed by atoms with Crippen LogP contribution in [0.1, 0.15) is 0 Å². The number of fused-ring (bicyclic) bond motifs is 4. The zero-order chi connectivity index (χ0) is 29.0. The molecular weight excluding hydrogens is 534 g/mol. The molecule has 44 heavy (non-hydrogen) atoms. The highest BCUT2D eigenvalue weighted by Gasteiger charge is 2.23. The van der Waals surface area contributed by atoms with E-state index in [1.54, 1.807) is 0 Å². The van der Waals surface area contributed by atoms with Crippen LogP contribution in [0, 0.1) is 0 Å². The minimum Gasteiger partial charge on any atom is -0.256 e. The summed E-state index contributed by atoms with van der Waals surface area (Å²) in [4.78, 5) is 14.8. The summed E-state index contributed by atoms with van der Waals surface area (Å²) in [5.74, 6) is 0.707. The minimum atomic E-state index is 0.707. The van der Waals surface area contributed by atoms with Gasteiger partial charge in [-0.3, -0.25) is 4.98 Å². The molecule has 1 aliphatic carbocycles. The molecule has 0 unspecified atom stereocenters. The first-order valence-electron chi connectivity index (χ1n) is 14.9. The van der Waals surface area contributed by atoms with Gasteiger partial charge < -0.3 is 0 Å². The number of hydrogen-bond donors (Lipinski definition) is 0. The SMILES string of the molecule is c1ccc(-c2cc(-c3ccc4c5c(cccc35)-c3ccccc3-4)nc(-c3ccc(-c4ccnc5ccccc45)cc3)n2)cc1. The summed E-state index contributed by atoms with van der Waals surface area (Å²) < 4.78 is 0. The fraction of sp³-hybridized carbons (Fsp3) is 0. The van der Waals surface area contributed by atoms with Gasteiger partial charge in [0.05, 0.1) is 16.9 Å². The molecule has 0 N–H and O–H groups in total. The summed E-state index contributed by atoms with van der Waals surface area (Å²) in [6.45, 7) is 0. The Morgan fingerprint density at radius 2 is 1.00 bits per heavy atom. The summed E-state index contributed by atoms with van der Waals surface area (Å²) in [6.07, 6.45) is 1.88. The van der Waals surface area contributed by atoms with Crippen LogP contribution in [0.3, 0.4) is 0 Å². The van der Waals surface area contributed by atoms with Crippen molar-refractivity contribution < 1.29 is 0 Å². The highest BCUT2D eigenvalue weighted by molar-refractivity contribution is 6.18. The van der Waals surface area contributed by atoms with Crippen molar-refractivity contribution in [3.05, 3.63) is 152 Å². The highest BCUT2D eigenvalue weighted by Crippen LogP contribution is 2.49. The van der Waals surface area contributed by atoms with Crippen molar-refractivity contribution in [2.75, 3.05) is 0 Å². The standard InChI is InChI=1S/C41H25N3/c1-2-9-27(10-3-1)38-25-39(33-21-22-36-31-12-5-4-11-30(31)34-14-8-15-35(33)40(34)36)44-41(43-38)28-19-17-26(18-20-28)29-23-24-42-37-16-7-6-13-32(29)37/h1-25H. The first-order valence-corrected chi connectivity index (χ1v) is 14.9. The summed E-state index contributed by atoms with van der Waals surface area (Å²) in [7, 11) is 0. The first-order chi connectivity index (χ1) is 21.8. The molecule has 0 bridgehead atoms. The molecule has 0 atom stereocenters. The number of hydrogen-bond acceptors (Lipinski definition) is 3. The van der Waals surface area contributed by atoms with Crippen LogP contribution in [0.5, 0.6) is 0 Å². The quantitative estimate of drug-likeness (QED) is 0.215. The summed E-state index contributed by atoms with van der Waals surface area (Å²) in [5.41, 5.74) is 13.4. The molecule has 0 saturated heterocycles. The van der Waals surface area contributed by atoms with E-state index in [0.717, 1.165) is 50.1 Å². The van der Waals surface area contributed by atoms with Gasteiger partial charge in [0.25, 0.3) is 0 Å². The third-order valence-electron chi connectivity index (χ3n) is 8.72. The number of rotatable bonds is 4. The third-order valence-corrected chi connectivity index (χ3v) is 8.72. The second-order valence-corrected chi connectivity index (χ2v) is 11.2. The van der Waals surface area contributed by atoms with Gasteiger partial charge in [-0.05, 0) is 62.4 Å². The van der Waals surface area contributed by atoms with E-state index in [1.807, 2.05) is 18.3 Å². The summed E-state index contributed by atoms with van der Waals surface area (Å²) in [6, 6.07) is 51.2. The van der Waals surface area contributed by atoms with Gasteiger partial charge in [-0.2, -0.15) is 0 Å². The van der Waals surface area contributed by atoms with Crippen LogP contribution < -0.4 is 0 Å². The molecule has 0 saturated carbocycles. The summed E-state index contributed by atoms with van der Waals surface area (Å²) >= 11 is 0. The Morgan fingerprint density at radius 1 is 0.364 bits per heavy atom. The second-order valence-electron chi connectivity index (χ2n) is 11.2. The van der Waals surface area contributed by atoms with Crippen LogP contribution in [-0.2, 0) is 0 Å². The average Bonchev–Trinajstić information content (AvgIpc) is 3.43. The van der Waals surface area contributed by atoms with Gasteiger partial charge in [-0.15, -0.1) is 0 Å². The van der Waals surface area contributed by atoms with Crippen LogP contribution in [0.2, 0.25) is 0 Å². The fourth-order valence-electron chi connectivity index (χ4n) is 6.65. The second kappa shape index (κ2) is 9.82. The topological polar surface area (TPSA) is 38.7 Å². The maximum Gasteiger partial charge on any atom is 0.160 e. The molecule has 0 fully saturated rings. The normalized spacial score (nSPS) is 11.6. The lowest BCUT2D eigenvalue weighted by Gasteiger charge is -2.13. The average molecular weight is 560 g/mol. The molecule has 3 heteroatoms. The van der Waals surface area contributed by atoms with Crippen molar-refractivity contribution >= 4 is 21.7 Å². The Kier molecular flexibility index (Phi) is 5.50. The Balaban J connectivity index is 1.21. The molecule has 0 aliphatic heterocycles. The number of benzene rings is 6. The van der Waals surface area contributed by atoms with E-state index < -0.39 is 0 Å². The van der Waals surface area contributed by atoms with Crippen molar-refractivity contribution in [1.29, 1.82) is 0 Å². The van der Waals surface area contributed by atoms with Crippen LogP contribution in [0.25, 0.3) is 89.0 Å².